The molecular weight excluding hydrogens is 281 g/mol. The van der Waals surface area contributed by atoms with E-state index >= 15 is 0 Å². The average molecular weight is 302 g/mol. The maximum absolute atomic E-state index is 12.6. The molecular formula is C11H21F3N2O2S. The van der Waals surface area contributed by atoms with Gasteiger partial charge in [0.2, 0.25) is 10.0 Å². The summed E-state index contributed by atoms with van der Waals surface area (Å²) in [7, 11) is -3.87. The van der Waals surface area contributed by atoms with Crippen LogP contribution in [0.3, 0.4) is 0 Å². The Balaban J connectivity index is 2.90. The van der Waals surface area contributed by atoms with E-state index in [2.05, 4.69) is 5.32 Å². The fourth-order valence-electron chi connectivity index (χ4n) is 2.24. The van der Waals surface area contributed by atoms with Gasteiger partial charge in [0.15, 0.2) is 0 Å². The van der Waals surface area contributed by atoms with Crippen LogP contribution in [0.4, 0.5) is 13.2 Å². The fraction of sp³-hybridized carbons (Fsp3) is 1.00. The van der Waals surface area contributed by atoms with E-state index in [1.807, 2.05) is 0 Å². The Kier molecular flexibility index (Phi) is 5.64. The average Bonchev–Trinajstić information content (AvgIpc) is 2.24. The molecule has 0 spiro atoms. The van der Waals surface area contributed by atoms with Crippen molar-refractivity contribution in [3.8, 4) is 0 Å². The first-order chi connectivity index (χ1) is 8.62. The second-order valence-electron chi connectivity index (χ2n) is 5.31. The molecule has 0 saturated carbocycles. The van der Waals surface area contributed by atoms with Gasteiger partial charge in [-0.1, -0.05) is 13.8 Å². The maximum atomic E-state index is 12.6. The molecule has 4 nitrogen and oxygen atoms in total. The molecule has 1 saturated heterocycles. The van der Waals surface area contributed by atoms with Gasteiger partial charge in [0.1, 0.15) is 6.54 Å². The van der Waals surface area contributed by atoms with Gasteiger partial charge in [0.25, 0.3) is 0 Å². The van der Waals surface area contributed by atoms with Gasteiger partial charge in [-0.05, 0) is 31.8 Å². The number of hydrogen-bond donors (Lipinski definition) is 1. The summed E-state index contributed by atoms with van der Waals surface area (Å²) >= 11 is 0. The number of alkyl halides is 3. The van der Waals surface area contributed by atoms with Crippen LogP contribution in [0.1, 0.15) is 26.7 Å². The summed E-state index contributed by atoms with van der Waals surface area (Å²) in [6.45, 7) is 3.09. The zero-order valence-corrected chi connectivity index (χ0v) is 12.0. The van der Waals surface area contributed by atoms with Crippen LogP contribution < -0.4 is 5.32 Å². The number of hydrogen-bond acceptors (Lipinski definition) is 3. The second kappa shape index (κ2) is 6.41. The van der Waals surface area contributed by atoms with E-state index in [-0.39, 0.29) is 11.7 Å². The summed E-state index contributed by atoms with van der Waals surface area (Å²) in [6.07, 6.45) is -3.66. The number of piperidine rings is 1. The number of nitrogens with zero attached hydrogens (tertiary/aromatic N) is 1. The smallest absolute Gasteiger partial charge is 0.317 e. The van der Waals surface area contributed by atoms with E-state index in [9.17, 15) is 21.6 Å². The lowest BCUT2D eigenvalue weighted by molar-refractivity contribution is -0.140. The van der Waals surface area contributed by atoms with E-state index in [4.69, 9.17) is 0 Å². The summed E-state index contributed by atoms with van der Waals surface area (Å²) in [5.41, 5.74) is 0. The zero-order valence-electron chi connectivity index (χ0n) is 11.2. The van der Waals surface area contributed by atoms with Gasteiger partial charge in [-0.25, -0.2) is 8.42 Å². The molecule has 8 heteroatoms. The van der Waals surface area contributed by atoms with Crippen molar-refractivity contribution in [3.05, 3.63) is 0 Å². The Bertz CT molecular complexity index is 376. The maximum Gasteiger partial charge on any atom is 0.402 e. The first kappa shape index (κ1) is 16.7. The van der Waals surface area contributed by atoms with E-state index in [1.54, 1.807) is 13.8 Å². The molecule has 1 heterocycles. The highest BCUT2D eigenvalue weighted by Crippen LogP contribution is 2.25. The van der Waals surface area contributed by atoms with Crippen molar-refractivity contribution in [2.24, 2.45) is 5.92 Å². The van der Waals surface area contributed by atoms with Gasteiger partial charge in [-0.15, -0.1) is 0 Å². The molecule has 0 bridgehead atoms. The van der Waals surface area contributed by atoms with E-state index in [0.717, 1.165) is 0 Å². The van der Waals surface area contributed by atoms with Crippen LogP contribution in [-0.4, -0.2) is 50.3 Å². The van der Waals surface area contributed by atoms with Crippen molar-refractivity contribution in [2.45, 2.75) is 38.9 Å². The molecule has 1 aliphatic heterocycles. The zero-order chi connectivity index (χ0) is 14.7. The quantitative estimate of drug-likeness (QED) is 0.839. The van der Waals surface area contributed by atoms with Gasteiger partial charge in [-0.2, -0.15) is 17.5 Å². The monoisotopic (exact) mass is 302 g/mol. The van der Waals surface area contributed by atoms with Crippen LogP contribution in [0.15, 0.2) is 0 Å². The molecule has 1 aliphatic rings. The largest absolute Gasteiger partial charge is 0.402 e. The molecule has 0 aromatic carbocycles. The molecule has 0 aromatic rings. The van der Waals surface area contributed by atoms with Crippen molar-refractivity contribution >= 4 is 10.0 Å². The van der Waals surface area contributed by atoms with Crippen LogP contribution in [0.5, 0.6) is 0 Å². The third-order valence-corrected chi connectivity index (χ3v) is 5.18. The summed E-state index contributed by atoms with van der Waals surface area (Å²) in [5.74, 6) is -0.435. The standard InChI is InChI=1S/C11H21F3N2O2S/c1-9(2)7-19(17,18)16(8-11(12,13)14)10-3-5-15-6-4-10/h9-10,15H,3-8H2,1-2H3. The summed E-state index contributed by atoms with van der Waals surface area (Å²) < 4.78 is 62.7. The Morgan fingerprint density at radius 1 is 1.26 bits per heavy atom. The lowest BCUT2D eigenvalue weighted by Crippen LogP contribution is -2.50. The van der Waals surface area contributed by atoms with Gasteiger partial charge in [-0.3, -0.25) is 0 Å². The molecule has 0 aliphatic carbocycles. The minimum atomic E-state index is -4.51. The highest BCUT2D eigenvalue weighted by molar-refractivity contribution is 7.89. The predicted octanol–water partition coefficient (Wildman–Crippen LogP) is 1.59. The lowest BCUT2D eigenvalue weighted by atomic mass is 10.1. The summed E-state index contributed by atoms with van der Waals surface area (Å²) in [5, 5.41) is 3.02. The summed E-state index contributed by atoms with van der Waals surface area (Å²) in [4.78, 5) is 0. The van der Waals surface area contributed by atoms with Gasteiger partial charge in [0, 0.05) is 6.04 Å². The predicted molar refractivity (Wildman–Crippen MR) is 67.3 cm³/mol. The molecule has 1 N–H and O–H groups in total. The van der Waals surface area contributed by atoms with Crippen molar-refractivity contribution in [1.82, 2.24) is 9.62 Å². The first-order valence-corrected chi connectivity index (χ1v) is 8.00. The normalized spacial score (nSPS) is 19.3. The van der Waals surface area contributed by atoms with Gasteiger partial charge < -0.3 is 5.32 Å². The van der Waals surface area contributed by atoms with Crippen molar-refractivity contribution in [3.63, 3.8) is 0 Å². The molecule has 0 unspecified atom stereocenters. The van der Waals surface area contributed by atoms with Crippen LogP contribution in [0, 0.1) is 5.92 Å². The highest BCUT2D eigenvalue weighted by atomic mass is 32.2. The summed E-state index contributed by atoms with van der Waals surface area (Å²) in [6, 6.07) is -0.549. The minimum absolute atomic E-state index is 0.192. The molecule has 1 fully saturated rings. The van der Waals surface area contributed by atoms with E-state index in [1.165, 1.54) is 0 Å². The fourth-order valence-corrected chi connectivity index (χ4v) is 4.29. The first-order valence-electron chi connectivity index (χ1n) is 6.39. The molecule has 0 radical (unpaired) electrons. The topological polar surface area (TPSA) is 49.4 Å². The van der Waals surface area contributed by atoms with Crippen LogP contribution in [0.2, 0.25) is 0 Å². The molecule has 19 heavy (non-hydrogen) atoms. The third-order valence-electron chi connectivity index (χ3n) is 2.95. The third kappa shape index (κ3) is 5.66. The van der Waals surface area contributed by atoms with Crippen molar-refractivity contribution in [1.29, 1.82) is 0 Å². The number of rotatable bonds is 5. The highest BCUT2D eigenvalue weighted by Gasteiger charge is 2.40. The molecule has 1 rings (SSSR count). The Labute approximate surface area is 112 Å². The van der Waals surface area contributed by atoms with Gasteiger partial charge >= 0.3 is 6.18 Å². The Morgan fingerprint density at radius 3 is 2.21 bits per heavy atom. The minimum Gasteiger partial charge on any atom is -0.317 e. The molecule has 0 aromatic heterocycles. The number of sulfonamides is 1. The van der Waals surface area contributed by atoms with Crippen LogP contribution in [0.25, 0.3) is 0 Å². The lowest BCUT2D eigenvalue weighted by Gasteiger charge is -2.34. The van der Waals surface area contributed by atoms with Crippen molar-refractivity contribution in [2.75, 3.05) is 25.4 Å². The molecule has 114 valence electrons. The Morgan fingerprint density at radius 2 is 1.79 bits per heavy atom. The van der Waals surface area contributed by atoms with Gasteiger partial charge in [0.05, 0.1) is 5.75 Å². The van der Waals surface area contributed by atoms with E-state index < -0.39 is 28.8 Å². The second-order valence-corrected chi connectivity index (χ2v) is 7.28. The molecule has 0 atom stereocenters. The Hall–Kier alpha value is -0.340. The number of halogens is 3. The molecule has 0 amide bonds. The van der Waals surface area contributed by atoms with Crippen LogP contribution in [-0.2, 0) is 10.0 Å². The number of nitrogens with one attached hydrogen (secondary N) is 1. The van der Waals surface area contributed by atoms with E-state index in [0.29, 0.717) is 30.2 Å². The van der Waals surface area contributed by atoms with Crippen LogP contribution >= 0.6 is 0 Å². The SMILES string of the molecule is CC(C)CS(=O)(=O)N(CC(F)(F)F)C1CCNCC1. The van der Waals surface area contributed by atoms with Crippen molar-refractivity contribution < 1.29 is 21.6 Å².